The number of nitrogens with zero attached hydrogens (tertiary/aromatic N) is 3. The monoisotopic (exact) mass is 291 g/mol. The molecule has 0 amide bonds. The van der Waals surface area contributed by atoms with Crippen molar-refractivity contribution in [2.45, 2.75) is 70.6 Å². The maximum atomic E-state index is 10.7. The third-order valence-corrected chi connectivity index (χ3v) is 5.60. The molecule has 1 saturated heterocycles. The summed E-state index contributed by atoms with van der Waals surface area (Å²) in [7, 11) is 0. The van der Waals surface area contributed by atoms with Gasteiger partial charge in [0, 0.05) is 37.8 Å². The summed E-state index contributed by atoms with van der Waals surface area (Å²) < 4.78 is 2.08. The third kappa shape index (κ3) is 3.16. The van der Waals surface area contributed by atoms with Gasteiger partial charge < -0.3 is 5.11 Å². The molecule has 3 unspecified atom stereocenters. The Morgan fingerprint density at radius 3 is 3.10 bits per heavy atom. The maximum Gasteiger partial charge on any atom is 0.0764 e. The van der Waals surface area contributed by atoms with Gasteiger partial charge in [0.25, 0.3) is 0 Å². The summed E-state index contributed by atoms with van der Waals surface area (Å²) in [6.07, 6.45) is 8.83. The molecule has 2 heterocycles. The van der Waals surface area contributed by atoms with Gasteiger partial charge in [-0.05, 0) is 38.7 Å². The van der Waals surface area contributed by atoms with Gasteiger partial charge in [-0.15, -0.1) is 0 Å². The molecule has 1 N–H and O–H groups in total. The van der Waals surface area contributed by atoms with Crippen LogP contribution in [-0.4, -0.2) is 38.5 Å². The minimum atomic E-state index is -0.370. The van der Waals surface area contributed by atoms with Crippen molar-refractivity contribution in [3.63, 3.8) is 0 Å². The second-order valence-electron chi connectivity index (χ2n) is 7.08. The van der Waals surface area contributed by atoms with E-state index in [9.17, 15) is 5.11 Å². The lowest BCUT2D eigenvalue weighted by atomic mass is 9.71. The second-order valence-corrected chi connectivity index (χ2v) is 7.08. The second kappa shape index (κ2) is 6.09. The fraction of sp³-hybridized carbons (Fsp3) is 0.824. The van der Waals surface area contributed by atoms with Crippen molar-refractivity contribution >= 4 is 0 Å². The van der Waals surface area contributed by atoms with E-state index in [0.29, 0.717) is 12.0 Å². The molecule has 0 aromatic carbocycles. The average Bonchev–Trinajstić information content (AvgIpc) is 2.95. The fourth-order valence-corrected chi connectivity index (χ4v) is 3.91. The van der Waals surface area contributed by atoms with Gasteiger partial charge >= 0.3 is 0 Å². The first-order valence-electron chi connectivity index (χ1n) is 8.59. The van der Waals surface area contributed by atoms with E-state index in [0.717, 1.165) is 44.6 Å². The Balaban J connectivity index is 1.60. The molecule has 3 atom stereocenters. The van der Waals surface area contributed by atoms with E-state index in [1.54, 1.807) is 0 Å². The van der Waals surface area contributed by atoms with E-state index in [1.165, 1.54) is 19.3 Å². The number of fused-ring (bicyclic) bond motifs is 1. The quantitative estimate of drug-likeness (QED) is 0.927. The molecule has 0 radical (unpaired) electrons. The minimum Gasteiger partial charge on any atom is -0.390 e. The molecule has 1 aliphatic carbocycles. The molecule has 4 heteroatoms. The number of rotatable bonds is 4. The number of aliphatic hydroxyl groups is 1. The van der Waals surface area contributed by atoms with Crippen molar-refractivity contribution in [2.75, 3.05) is 13.1 Å². The summed E-state index contributed by atoms with van der Waals surface area (Å²) >= 11 is 0. The molecular formula is C17H29N3O. The van der Waals surface area contributed by atoms with Gasteiger partial charge in [0.05, 0.1) is 11.3 Å². The van der Waals surface area contributed by atoms with E-state index < -0.39 is 0 Å². The molecule has 1 aliphatic heterocycles. The highest BCUT2D eigenvalue weighted by atomic mass is 16.3. The lowest BCUT2D eigenvalue weighted by molar-refractivity contribution is -0.0969. The Hall–Kier alpha value is -0.870. The third-order valence-electron chi connectivity index (χ3n) is 5.60. The maximum absolute atomic E-state index is 10.7. The van der Waals surface area contributed by atoms with Gasteiger partial charge in [-0.1, -0.05) is 19.8 Å². The van der Waals surface area contributed by atoms with E-state index in [-0.39, 0.29) is 5.60 Å². The topological polar surface area (TPSA) is 41.3 Å². The van der Waals surface area contributed by atoms with Crippen LogP contribution in [0.3, 0.4) is 0 Å². The van der Waals surface area contributed by atoms with Gasteiger partial charge in [-0.25, -0.2) is 0 Å². The van der Waals surface area contributed by atoms with Gasteiger partial charge in [-0.2, -0.15) is 5.10 Å². The van der Waals surface area contributed by atoms with Crippen molar-refractivity contribution in [2.24, 2.45) is 5.92 Å². The van der Waals surface area contributed by atoms with Crippen molar-refractivity contribution in [3.8, 4) is 0 Å². The first-order valence-corrected chi connectivity index (χ1v) is 8.59. The van der Waals surface area contributed by atoms with Crippen LogP contribution < -0.4 is 0 Å². The van der Waals surface area contributed by atoms with E-state index in [1.807, 2.05) is 0 Å². The highest BCUT2D eigenvalue weighted by molar-refractivity contribution is 5.02. The molecule has 2 aliphatic rings. The summed E-state index contributed by atoms with van der Waals surface area (Å²) in [5.74, 6) is 0.469. The zero-order valence-electron chi connectivity index (χ0n) is 13.5. The van der Waals surface area contributed by atoms with Crippen LogP contribution in [0, 0.1) is 5.92 Å². The Kier molecular flexibility index (Phi) is 4.36. The molecule has 118 valence electrons. The largest absolute Gasteiger partial charge is 0.390 e. The standard InChI is InChI=1S/C17H29N3O/c1-3-14(2)20-10-7-16(18-20)13-19-11-9-17(21)8-5-4-6-15(17)12-19/h7,10,14-15,21H,3-6,8-9,11-13H2,1-2H3. The number of piperidine rings is 1. The Labute approximate surface area is 128 Å². The fourth-order valence-electron chi connectivity index (χ4n) is 3.91. The summed E-state index contributed by atoms with van der Waals surface area (Å²) in [6, 6.07) is 2.62. The van der Waals surface area contributed by atoms with Gasteiger partial charge in [0.15, 0.2) is 0 Å². The SMILES string of the molecule is CCC(C)n1ccc(CN2CCC3(O)CCCCC3C2)n1. The number of likely N-dealkylation sites (tertiary alicyclic amines) is 1. The molecule has 3 rings (SSSR count). The van der Waals surface area contributed by atoms with Crippen LogP contribution in [0.2, 0.25) is 0 Å². The molecule has 1 saturated carbocycles. The predicted octanol–water partition coefficient (Wildman–Crippen LogP) is 2.98. The van der Waals surface area contributed by atoms with Crippen LogP contribution in [0.4, 0.5) is 0 Å². The summed E-state index contributed by atoms with van der Waals surface area (Å²) in [6.45, 7) is 7.37. The Morgan fingerprint density at radius 2 is 2.29 bits per heavy atom. The number of hydrogen-bond donors (Lipinski definition) is 1. The van der Waals surface area contributed by atoms with Crippen LogP contribution in [0.15, 0.2) is 12.3 Å². The van der Waals surface area contributed by atoms with Gasteiger partial charge in [0.1, 0.15) is 0 Å². The molecular weight excluding hydrogens is 262 g/mol. The van der Waals surface area contributed by atoms with Gasteiger partial charge in [0.2, 0.25) is 0 Å². The first kappa shape index (κ1) is 15.0. The minimum absolute atomic E-state index is 0.370. The van der Waals surface area contributed by atoms with E-state index in [4.69, 9.17) is 5.10 Å². The molecule has 2 fully saturated rings. The van der Waals surface area contributed by atoms with Crippen LogP contribution >= 0.6 is 0 Å². The number of aromatic nitrogens is 2. The van der Waals surface area contributed by atoms with Crippen LogP contribution in [0.5, 0.6) is 0 Å². The highest BCUT2D eigenvalue weighted by Gasteiger charge is 2.42. The van der Waals surface area contributed by atoms with E-state index in [2.05, 4.69) is 35.7 Å². The van der Waals surface area contributed by atoms with Crippen LogP contribution in [0.25, 0.3) is 0 Å². The summed E-state index contributed by atoms with van der Waals surface area (Å²) in [5, 5.41) is 15.4. The Morgan fingerprint density at radius 1 is 1.43 bits per heavy atom. The van der Waals surface area contributed by atoms with Crippen molar-refractivity contribution in [1.82, 2.24) is 14.7 Å². The molecule has 4 nitrogen and oxygen atoms in total. The van der Waals surface area contributed by atoms with Crippen molar-refractivity contribution in [1.29, 1.82) is 0 Å². The molecule has 0 spiro atoms. The zero-order chi connectivity index (χ0) is 14.9. The Bertz CT molecular complexity index is 472. The number of hydrogen-bond acceptors (Lipinski definition) is 3. The van der Waals surface area contributed by atoms with Crippen molar-refractivity contribution < 1.29 is 5.11 Å². The molecule has 0 bridgehead atoms. The molecule has 21 heavy (non-hydrogen) atoms. The van der Waals surface area contributed by atoms with Crippen molar-refractivity contribution in [3.05, 3.63) is 18.0 Å². The first-order chi connectivity index (χ1) is 10.1. The normalized spacial score (nSPS) is 31.9. The smallest absolute Gasteiger partial charge is 0.0764 e. The molecule has 1 aromatic rings. The van der Waals surface area contributed by atoms with Crippen LogP contribution in [-0.2, 0) is 6.54 Å². The summed E-state index contributed by atoms with van der Waals surface area (Å²) in [5.41, 5.74) is 0.793. The zero-order valence-corrected chi connectivity index (χ0v) is 13.5. The lowest BCUT2D eigenvalue weighted by Gasteiger charge is -2.47. The lowest BCUT2D eigenvalue weighted by Crippen LogP contribution is -2.52. The average molecular weight is 291 g/mol. The predicted molar refractivity (Wildman–Crippen MR) is 84.0 cm³/mol. The molecule has 1 aromatic heterocycles. The van der Waals surface area contributed by atoms with Gasteiger partial charge in [-0.3, -0.25) is 9.58 Å². The van der Waals surface area contributed by atoms with Crippen LogP contribution in [0.1, 0.15) is 64.1 Å². The summed E-state index contributed by atoms with van der Waals surface area (Å²) in [4.78, 5) is 2.48. The highest BCUT2D eigenvalue weighted by Crippen LogP contribution is 2.39. The van der Waals surface area contributed by atoms with E-state index >= 15 is 0 Å².